The number of ether oxygens (including phenoxy) is 1. The summed E-state index contributed by atoms with van der Waals surface area (Å²) in [6, 6.07) is 11.3. The van der Waals surface area contributed by atoms with Crippen molar-refractivity contribution in [3.05, 3.63) is 58.6 Å². The molecule has 0 saturated heterocycles. The van der Waals surface area contributed by atoms with E-state index in [0.29, 0.717) is 16.3 Å². The molecule has 0 bridgehead atoms. The summed E-state index contributed by atoms with van der Waals surface area (Å²) < 4.78 is 32.2. The molecule has 2 aromatic carbocycles. The van der Waals surface area contributed by atoms with Gasteiger partial charge < -0.3 is 4.74 Å². The number of halogens is 1. The van der Waals surface area contributed by atoms with Crippen molar-refractivity contribution in [2.75, 3.05) is 17.5 Å². The van der Waals surface area contributed by atoms with Gasteiger partial charge in [0.2, 0.25) is 0 Å². The molecule has 0 amide bonds. The first-order valence-corrected chi connectivity index (χ1v) is 9.58. The molecule has 0 saturated carbocycles. The van der Waals surface area contributed by atoms with Crippen molar-refractivity contribution in [1.82, 2.24) is 0 Å². The van der Waals surface area contributed by atoms with Crippen molar-refractivity contribution < 1.29 is 17.9 Å². The van der Waals surface area contributed by atoms with Crippen LogP contribution >= 0.6 is 11.6 Å². The molecule has 0 aliphatic heterocycles. The van der Waals surface area contributed by atoms with E-state index in [1.165, 1.54) is 12.1 Å². The second-order valence-electron chi connectivity index (χ2n) is 5.56. The smallest absolute Gasteiger partial charge is 0.326 e. The number of aryl methyl sites for hydroxylation is 2. The van der Waals surface area contributed by atoms with Gasteiger partial charge in [-0.15, -0.1) is 0 Å². The van der Waals surface area contributed by atoms with E-state index in [-0.39, 0.29) is 11.5 Å². The van der Waals surface area contributed by atoms with Gasteiger partial charge in [-0.1, -0.05) is 29.3 Å². The molecular formula is C18H20ClNO4S. The van der Waals surface area contributed by atoms with Crippen LogP contribution in [0.1, 0.15) is 18.1 Å². The molecule has 134 valence electrons. The molecule has 0 spiro atoms. The number of sulfonamides is 1. The van der Waals surface area contributed by atoms with E-state index in [9.17, 15) is 13.2 Å². The number of anilines is 1. The number of rotatable bonds is 6. The van der Waals surface area contributed by atoms with Gasteiger partial charge in [0.15, 0.2) is 0 Å². The fourth-order valence-corrected chi connectivity index (χ4v) is 4.06. The average molecular weight is 382 g/mol. The first-order valence-electron chi connectivity index (χ1n) is 7.77. The lowest BCUT2D eigenvalue weighted by Gasteiger charge is -2.25. The molecule has 0 aliphatic rings. The maximum absolute atomic E-state index is 13.1. The minimum Gasteiger partial charge on any atom is -0.465 e. The van der Waals surface area contributed by atoms with Gasteiger partial charge in [-0.25, -0.2) is 8.42 Å². The van der Waals surface area contributed by atoms with Gasteiger partial charge in [-0.05, 0) is 56.7 Å². The fraction of sp³-hybridized carbons (Fsp3) is 0.278. The summed E-state index contributed by atoms with van der Waals surface area (Å²) in [6.45, 7) is 5.05. The van der Waals surface area contributed by atoms with E-state index < -0.39 is 22.5 Å². The molecule has 5 nitrogen and oxygen atoms in total. The van der Waals surface area contributed by atoms with Gasteiger partial charge in [0.1, 0.15) is 6.54 Å². The minimum atomic E-state index is -3.93. The maximum Gasteiger partial charge on any atom is 0.326 e. The van der Waals surface area contributed by atoms with Gasteiger partial charge in [-0.3, -0.25) is 9.10 Å². The van der Waals surface area contributed by atoms with Crippen molar-refractivity contribution >= 4 is 33.3 Å². The zero-order valence-electron chi connectivity index (χ0n) is 14.3. The lowest BCUT2D eigenvalue weighted by molar-refractivity contribution is -0.141. The van der Waals surface area contributed by atoms with E-state index >= 15 is 0 Å². The Morgan fingerprint density at radius 3 is 2.32 bits per heavy atom. The number of carbonyl (C=O) groups is 1. The quantitative estimate of drug-likeness (QED) is 0.715. The molecule has 0 atom stereocenters. The first kappa shape index (κ1) is 19.3. The Bertz CT molecular complexity index is 863. The third-order valence-electron chi connectivity index (χ3n) is 3.61. The molecular weight excluding hydrogens is 362 g/mol. The third-order valence-corrected chi connectivity index (χ3v) is 5.62. The van der Waals surface area contributed by atoms with Crippen LogP contribution in [0.5, 0.6) is 0 Å². The van der Waals surface area contributed by atoms with Crippen molar-refractivity contribution in [2.45, 2.75) is 25.7 Å². The van der Waals surface area contributed by atoms with E-state index in [0.717, 1.165) is 9.87 Å². The highest BCUT2D eigenvalue weighted by Gasteiger charge is 2.28. The molecule has 7 heteroatoms. The van der Waals surface area contributed by atoms with Crippen LogP contribution in [0.3, 0.4) is 0 Å². The van der Waals surface area contributed by atoms with Crippen molar-refractivity contribution in [3.63, 3.8) is 0 Å². The predicted octanol–water partition coefficient (Wildman–Crippen LogP) is 3.72. The van der Waals surface area contributed by atoms with Crippen LogP contribution in [0.4, 0.5) is 5.69 Å². The minimum absolute atomic E-state index is 0.108. The number of hydrogen-bond donors (Lipinski definition) is 0. The Morgan fingerprint density at radius 1 is 1.12 bits per heavy atom. The Labute approximate surface area is 153 Å². The molecule has 0 aromatic heterocycles. The van der Waals surface area contributed by atoms with E-state index in [4.69, 9.17) is 16.3 Å². The molecule has 0 aliphatic carbocycles. The highest BCUT2D eigenvalue weighted by atomic mass is 35.5. The number of carbonyl (C=O) groups excluding carboxylic acids is 1. The molecule has 0 unspecified atom stereocenters. The molecule has 0 N–H and O–H groups in total. The predicted molar refractivity (Wildman–Crippen MR) is 98.5 cm³/mol. The summed E-state index contributed by atoms with van der Waals surface area (Å²) >= 11 is 5.97. The van der Waals surface area contributed by atoms with Gasteiger partial charge in [0, 0.05) is 5.02 Å². The zero-order chi connectivity index (χ0) is 18.6. The second kappa shape index (κ2) is 7.89. The molecule has 0 heterocycles. The van der Waals surface area contributed by atoms with Gasteiger partial charge >= 0.3 is 5.97 Å². The standard InChI is InChI=1S/C18H20ClNO4S/c1-4-24-18(21)12-20(17-10-7-15(19)11-14(17)3)25(22,23)16-8-5-13(2)6-9-16/h5-11H,4,12H2,1-3H3. The Hall–Kier alpha value is -2.05. The van der Waals surface area contributed by atoms with Crippen LogP contribution < -0.4 is 4.31 Å². The lowest BCUT2D eigenvalue weighted by Crippen LogP contribution is -2.37. The summed E-state index contributed by atoms with van der Waals surface area (Å²) in [5, 5.41) is 0.491. The van der Waals surface area contributed by atoms with Crippen LogP contribution in [0.25, 0.3) is 0 Å². The molecule has 25 heavy (non-hydrogen) atoms. The van der Waals surface area contributed by atoms with Crippen molar-refractivity contribution in [2.24, 2.45) is 0 Å². The third kappa shape index (κ3) is 4.52. The Balaban J connectivity index is 2.53. The van der Waals surface area contributed by atoms with Gasteiger partial charge in [0.25, 0.3) is 10.0 Å². The highest BCUT2D eigenvalue weighted by molar-refractivity contribution is 7.92. The summed E-state index contributed by atoms with van der Waals surface area (Å²) in [5.74, 6) is -0.618. The molecule has 2 rings (SSSR count). The Morgan fingerprint density at radius 2 is 1.76 bits per heavy atom. The van der Waals surface area contributed by atoms with E-state index in [2.05, 4.69) is 0 Å². The fourth-order valence-electron chi connectivity index (χ4n) is 2.36. The largest absolute Gasteiger partial charge is 0.465 e. The highest BCUT2D eigenvalue weighted by Crippen LogP contribution is 2.29. The first-order chi connectivity index (χ1) is 11.8. The van der Waals surface area contributed by atoms with Crippen LogP contribution in [0.2, 0.25) is 5.02 Å². The summed E-state index contributed by atoms with van der Waals surface area (Å²) in [5.41, 5.74) is 1.98. The van der Waals surface area contributed by atoms with Crippen molar-refractivity contribution in [1.29, 1.82) is 0 Å². The lowest BCUT2D eigenvalue weighted by atomic mass is 10.2. The number of esters is 1. The van der Waals surface area contributed by atoms with Crippen molar-refractivity contribution in [3.8, 4) is 0 Å². The topological polar surface area (TPSA) is 63.7 Å². The zero-order valence-corrected chi connectivity index (χ0v) is 15.9. The number of nitrogens with zero attached hydrogens (tertiary/aromatic N) is 1. The summed E-state index contributed by atoms with van der Waals surface area (Å²) in [4.78, 5) is 12.1. The average Bonchev–Trinajstić information content (AvgIpc) is 2.54. The van der Waals surface area contributed by atoms with Crippen LogP contribution in [0, 0.1) is 13.8 Å². The second-order valence-corrected chi connectivity index (χ2v) is 7.86. The van der Waals surface area contributed by atoms with E-state index in [1.807, 2.05) is 6.92 Å². The molecule has 2 aromatic rings. The molecule has 0 fully saturated rings. The SMILES string of the molecule is CCOC(=O)CN(c1ccc(Cl)cc1C)S(=O)(=O)c1ccc(C)cc1. The normalized spacial score (nSPS) is 11.2. The maximum atomic E-state index is 13.1. The number of benzene rings is 2. The number of hydrogen-bond acceptors (Lipinski definition) is 4. The van der Waals surface area contributed by atoms with E-state index in [1.54, 1.807) is 44.2 Å². The summed E-state index contributed by atoms with van der Waals surface area (Å²) in [6.07, 6.45) is 0. The van der Waals surface area contributed by atoms with Crippen LogP contribution in [-0.2, 0) is 19.6 Å². The van der Waals surface area contributed by atoms with Gasteiger partial charge in [0.05, 0.1) is 17.2 Å². The van der Waals surface area contributed by atoms with Crippen LogP contribution in [0.15, 0.2) is 47.4 Å². The molecule has 0 radical (unpaired) electrons. The van der Waals surface area contributed by atoms with Crippen LogP contribution in [-0.4, -0.2) is 27.5 Å². The van der Waals surface area contributed by atoms with Gasteiger partial charge in [-0.2, -0.15) is 0 Å². The Kier molecular flexibility index (Phi) is 6.08. The monoisotopic (exact) mass is 381 g/mol. The summed E-state index contributed by atoms with van der Waals surface area (Å²) in [7, 11) is -3.93.